The number of likely N-dealkylation sites (tertiary alicyclic amines) is 1. The Morgan fingerprint density at radius 3 is 2.71 bits per heavy atom. The monoisotopic (exact) mass is 287 g/mol. The molecular weight excluding hydrogens is 265 g/mol. The fraction of sp³-hybridized carbons (Fsp3) is 0.562. The van der Waals surface area contributed by atoms with Crippen LogP contribution in [0.15, 0.2) is 18.2 Å². The van der Waals surface area contributed by atoms with E-state index in [0.717, 1.165) is 37.9 Å². The lowest BCUT2D eigenvalue weighted by molar-refractivity contribution is -0.131. The average Bonchev–Trinajstić information content (AvgIpc) is 2.48. The molecule has 0 unspecified atom stereocenters. The number of carbonyl (C=O) groups is 1. The second-order valence-corrected chi connectivity index (χ2v) is 5.59. The van der Waals surface area contributed by atoms with E-state index < -0.39 is 0 Å². The van der Waals surface area contributed by atoms with E-state index in [-0.39, 0.29) is 12.5 Å². The number of hydrogen-bond donors (Lipinski definition) is 1. The van der Waals surface area contributed by atoms with Crippen molar-refractivity contribution in [1.29, 1.82) is 0 Å². The van der Waals surface area contributed by atoms with Crippen LogP contribution in [0.4, 0.5) is 0 Å². The summed E-state index contributed by atoms with van der Waals surface area (Å²) in [5.41, 5.74) is 1.47. The summed E-state index contributed by atoms with van der Waals surface area (Å²) >= 11 is 0. The molecule has 1 aromatic rings. The van der Waals surface area contributed by atoms with Gasteiger partial charge in [0.1, 0.15) is 13.6 Å². The second-order valence-electron chi connectivity index (χ2n) is 5.59. The Bertz CT molecular complexity index is 484. The maximum atomic E-state index is 12.3. The molecule has 1 heterocycles. The van der Waals surface area contributed by atoms with Crippen LogP contribution in [0.3, 0.4) is 0 Å². The van der Waals surface area contributed by atoms with Crippen molar-refractivity contribution < 1.29 is 14.6 Å². The normalized spacial score (nSPS) is 16.0. The Morgan fingerprint density at radius 2 is 2.14 bits per heavy atom. The Hall–Kier alpha value is -1.49. The van der Waals surface area contributed by atoms with E-state index in [2.05, 4.69) is 0 Å². The number of piperidine rings is 1. The van der Waals surface area contributed by atoms with Gasteiger partial charge in [-0.3, -0.25) is 4.79 Å². The largest absolute Gasteiger partial charge is 0.497 e. The summed E-state index contributed by atoms with van der Waals surface area (Å²) in [6.07, 6.45) is 3.18. The molecule has 5 heteroatoms. The first-order valence-electron chi connectivity index (χ1n) is 7.45. The van der Waals surface area contributed by atoms with Crippen molar-refractivity contribution in [2.45, 2.75) is 25.7 Å². The Balaban J connectivity index is 1.89. The molecule has 21 heavy (non-hydrogen) atoms. The standard InChI is InChI=1S/C16H22BNO3/c1-21-15-3-2-13(10-14(15)17)11-16(20)18-7-4-12(5-8-18)6-9-19/h2-3,10,12,19H,4-9,11H2,1H3. The average molecular weight is 287 g/mol. The number of ether oxygens (including phenoxy) is 1. The Labute approximate surface area is 127 Å². The minimum atomic E-state index is 0.141. The highest BCUT2D eigenvalue weighted by molar-refractivity contribution is 6.34. The van der Waals surface area contributed by atoms with Crippen LogP contribution in [0.5, 0.6) is 5.75 Å². The van der Waals surface area contributed by atoms with Crippen molar-refractivity contribution in [1.82, 2.24) is 4.90 Å². The molecule has 0 bridgehead atoms. The summed E-state index contributed by atoms with van der Waals surface area (Å²) in [7, 11) is 7.44. The van der Waals surface area contributed by atoms with E-state index in [1.54, 1.807) is 19.2 Å². The van der Waals surface area contributed by atoms with Gasteiger partial charge in [0.05, 0.1) is 13.5 Å². The molecule has 0 aliphatic carbocycles. The molecular formula is C16H22BNO3. The van der Waals surface area contributed by atoms with Gasteiger partial charge in [0.2, 0.25) is 5.91 Å². The van der Waals surface area contributed by atoms with Crippen LogP contribution in [0.2, 0.25) is 0 Å². The van der Waals surface area contributed by atoms with Gasteiger partial charge in [-0.15, -0.1) is 0 Å². The smallest absolute Gasteiger partial charge is 0.226 e. The maximum absolute atomic E-state index is 12.3. The fourth-order valence-electron chi connectivity index (χ4n) is 2.83. The predicted molar refractivity (Wildman–Crippen MR) is 83.1 cm³/mol. The number of amides is 1. The van der Waals surface area contributed by atoms with Gasteiger partial charge in [-0.2, -0.15) is 0 Å². The third kappa shape index (κ3) is 4.24. The second kappa shape index (κ2) is 7.50. The SMILES string of the molecule is [B]c1cc(CC(=O)N2CCC(CCO)CC2)ccc1OC. The summed E-state index contributed by atoms with van der Waals surface area (Å²) in [5.74, 6) is 1.33. The molecule has 1 saturated heterocycles. The Kier molecular flexibility index (Phi) is 5.68. The summed E-state index contributed by atoms with van der Waals surface area (Å²) < 4.78 is 5.12. The molecule has 0 atom stereocenters. The van der Waals surface area contributed by atoms with Crippen LogP contribution >= 0.6 is 0 Å². The van der Waals surface area contributed by atoms with Crippen LogP contribution in [0.25, 0.3) is 0 Å². The van der Waals surface area contributed by atoms with Gasteiger partial charge in [-0.05, 0) is 36.8 Å². The highest BCUT2D eigenvalue weighted by Gasteiger charge is 2.22. The summed E-state index contributed by atoms with van der Waals surface area (Å²) in [6, 6.07) is 5.48. The minimum absolute atomic E-state index is 0.141. The molecule has 2 rings (SSSR count). The van der Waals surface area contributed by atoms with Crippen LogP contribution in [-0.2, 0) is 11.2 Å². The van der Waals surface area contributed by atoms with Crippen molar-refractivity contribution in [2.24, 2.45) is 5.92 Å². The van der Waals surface area contributed by atoms with Gasteiger partial charge in [0.25, 0.3) is 0 Å². The Morgan fingerprint density at radius 1 is 1.43 bits per heavy atom. The first-order chi connectivity index (χ1) is 10.1. The van der Waals surface area contributed by atoms with Crippen molar-refractivity contribution in [3.63, 3.8) is 0 Å². The van der Waals surface area contributed by atoms with E-state index in [9.17, 15) is 4.79 Å². The van der Waals surface area contributed by atoms with Crippen molar-refractivity contribution in [3.8, 4) is 5.75 Å². The molecule has 1 aliphatic heterocycles. The van der Waals surface area contributed by atoms with Gasteiger partial charge in [-0.25, -0.2) is 0 Å². The number of nitrogens with zero attached hydrogens (tertiary/aromatic N) is 1. The lowest BCUT2D eigenvalue weighted by Gasteiger charge is -2.32. The van der Waals surface area contributed by atoms with Gasteiger partial charge in [0, 0.05) is 19.7 Å². The number of aliphatic hydroxyl groups is 1. The summed E-state index contributed by atoms with van der Waals surface area (Å²) in [4.78, 5) is 14.2. The van der Waals surface area contributed by atoms with Gasteiger partial charge in [0.15, 0.2) is 0 Å². The third-order valence-electron chi connectivity index (χ3n) is 4.15. The van der Waals surface area contributed by atoms with Crippen LogP contribution in [0, 0.1) is 5.92 Å². The molecule has 4 nitrogen and oxygen atoms in total. The van der Waals surface area contributed by atoms with Crippen LogP contribution in [0.1, 0.15) is 24.8 Å². The predicted octanol–water partition coefficient (Wildman–Crippen LogP) is 0.652. The minimum Gasteiger partial charge on any atom is -0.497 e. The molecule has 2 radical (unpaired) electrons. The highest BCUT2D eigenvalue weighted by atomic mass is 16.5. The molecule has 1 aliphatic rings. The first-order valence-corrected chi connectivity index (χ1v) is 7.45. The number of benzene rings is 1. The number of hydrogen-bond acceptors (Lipinski definition) is 3. The lowest BCUT2D eigenvalue weighted by Crippen LogP contribution is -2.39. The molecule has 112 valence electrons. The highest BCUT2D eigenvalue weighted by Crippen LogP contribution is 2.20. The lowest BCUT2D eigenvalue weighted by atomic mass is 9.91. The van der Waals surface area contributed by atoms with E-state index in [1.807, 2.05) is 11.0 Å². The molecule has 1 aromatic carbocycles. The number of aliphatic hydroxyl groups excluding tert-OH is 1. The molecule has 1 N–H and O–H groups in total. The molecule has 0 aromatic heterocycles. The van der Waals surface area contributed by atoms with Gasteiger partial charge in [-0.1, -0.05) is 17.6 Å². The summed E-state index contributed by atoms with van der Waals surface area (Å²) in [5, 5.41) is 8.95. The zero-order valence-corrected chi connectivity index (χ0v) is 12.5. The molecule has 1 amide bonds. The van der Waals surface area contributed by atoms with Crippen LogP contribution in [-0.4, -0.2) is 50.6 Å². The number of carbonyl (C=O) groups excluding carboxylic acids is 1. The molecule has 0 saturated carbocycles. The van der Waals surface area contributed by atoms with Gasteiger partial charge < -0.3 is 14.7 Å². The quantitative estimate of drug-likeness (QED) is 0.809. The van der Waals surface area contributed by atoms with E-state index in [4.69, 9.17) is 17.7 Å². The van der Waals surface area contributed by atoms with E-state index >= 15 is 0 Å². The number of methoxy groups -OCH3 is 1. The zero-order valence-electron chi connectivity index (χ0n) is 12.5. The maximum Gasteiger partial charge on any atom is 0.226 e. The zero-order chi connectivity index (χ0) is 15.2. The van der Waals surface area contributed by atoms with Crippen molar-refractivity contribution in [2.75, 3.05) is 26.8 Å². The van der Waals surface area contributed by atoms with E-state index in [0.29, 0.717) is 23.6 Å². The number of rotatable bonds is 5. The summed E-state index contributed by atoms with van der Waals surface area (Å²) in [6.45, 7) is 1.81. The molecule has 1 fully saturated rings. The van der Waals surface area contributed by atoms with E-state index in [1.165, 1.54) is 0 Å². The third-order valence-corrected chi connectivity index (χ3v) is 4.15. The van der Waals surface area contributed by atoms with Gasteiger partial charge >= 0.3 is 0 Å². The fourth-order valence-corrected chi connectivity index (χ4v) is 2.83. The topological polar surface area (TPSA) is 49.8 Å². The van der Waals surface area contributed by atoms with Crippen molar-refractivity contribution >= 4 is 19.2 Å². The first kappa shape index (κ1) is 15.9. The van der Waals surface area contributed by atoms with Crippen molar-refractivity contribution in [3.05, 3.63) is 23.8 Å². The van der Waals surface area contributed by atoms with Crippen LogP contribution < -0.4 is 10.2 Å². The molecule has 0 spiro atoms.